The Morgan fingerprint density at radius 3 is 2.75 bits per heavy atom. The quantitative estimate of drug-likeness (QED) is 0.773. The van der Waals surface area contributed by atoms with Gasteiger partial charge in [-0.3, -0.25) is 9.59 Å². The topological polar surface area (TPSA) is 80.4 Å². The minimum atomic E-state index is -0.247. The third kappa shape index (κ3) is 2.88. The van der Waals surface area contributed by atoms with E-state index >= 15 is 0 Å². The van der Waals surface area contributed by atoms with E-state index in [1.165, 1.54) is 0 Å². The molecule has 0 radical (unpaired) electrons. The molecule has 2 heterocycles. The summed E-state index contributed by atoms with van der Waals surface area (Å²) in [4.78, 5) is 24.1. The van der Waals surface area contributed by atoms with Gasteiger partial charge in [0.05, 0.1) is 6.20 Å². The van der Waals surface area contributed by atoms with Crippen LogP contribution < -0.4 is 10.6 Å². The lowest BCUT2D eigenvalue weighted by Crippen LogP contribution is -2.14. The summed E-state index contributed by atoms with van der Waals surface area (Å²) in [6.45, 7) is 3.70. The highest BCUT2D eigenvalue weighted by Crippen LogP contribution is 2.22. The Labute approximate surface area is 139 Å². The van der Waals surface area contributed by atoms with Gasteiger partial charge in [-0.2, -0.15) is 5.10 Å². The molecule has 0 aliphatic heterocycles. The molecule has 2 N–H and O–H groups in total. The van der Waals surface area contributed by atoms with Crippen LogP contribution in [0.3, 0.4) is 0 Å². The number of aromatic nitrogens is 3. The zero-order valence-corrected chi connectivity index (χ0v) is 13.8. The molecule has 0 atom stereocenters. The first-order chi connectivity index (χ1) is 11.5. The van der Waals surface area contributed by atoms with Gasteiger partial charge in [0, 0.05) is 37.2 Å². The highest BCUT2D eigenvalue weighted by molar-refractivity contribution is 6.08. The molecule has 0 aliphatic rings. The summed E-state index contributed by atoms with van der Waals surface area (Å²) in [7, 11) is 1.86. The van der Waals surface area contributed by atoms with Crippen LogP contribution in [0.4, 0.5) is 11.4 Å². The van der Waals surface area contributed by atoms with Crippen LogP contribution >= 0.6 is 0 Å². The molecular formula is C17H19N5O2. The zero-order valence-electron chi connectivity index (χ0n) is 13.8. The fraction of sp³-hybridized carbons (Fsp3) is 0.235. The van der Waals surface area contributed by atoms with Crippen molar-refractivity contribution in [1.82, 2.24) is 14.2 Å². The second-order valence-electron chi connectivity index (χ2n) is 5.62. The molecule has 3 rings (SSSR count). The van der Waals surface area contributed by atoms with E-state index in [0.717, 1.165) is 11.2 Å². The maximum Gasteiger partial charge on any atom is 0.261 e. The molecule has 7 heteroatoms. The van der Waals surface area contributed by atoms with Crippen molar-refractivity contribution in [2.45, 2.75) is 20.3 Å². The van der Waals surface area contributed by atoms with E-state index < -0.39 is 0 Å². The Morgan fingerprint density at radius 2 is 2.00 bits per heavy atom. The van der Waals surface area contributed by atoms with Gasteiger partial charge in [0.2, 0.25) is 5.91 Å². The number of rotatable bonds is 4. The van der Waals surface area contributed by atoms with E-state index in [2.05, 4.69) is 15.7 Å². The van der Waals surface area contributed by atoms with Crippen LogP contribution in [0.1, 0.15) is 29.3 Å². The smallest absolute Gasteiger partial charge is 0.261 e. The van der Waals surface area contributed by atoms with E-state index in [-0.39, 0.29) is 11.8 Å². The van der Waals surface area contributed by atoms with Gasteiger partial charge in [-0.1, -0.05) is 13.0 Å². The number of benzene rings is 1. The predicted molar refractivity (Wildman–Crippen MR) is 92.2 cm³/mol. The molecular weight excluding hydrogens is 306 g/mol. The fourth-order valence-electron chi connectivity index (χ4n) is 2.48. The number of nitrogens with zero attached hydrogens (tertiary/aromatic N) is 3. The maximum atomic E-state index is 12.5. The number of imidazole rings is 1. The van der Waals surface area contributed by atoms with Crippen LogP contribution in [0.15, 0.2) is 36.8 Å². The van der Waals surface area contributed by atoms with Crippen LogP contribution in [-0.2, 0) is 11.8 Å². The summed E-state index contributed by atoms with van der Waals surface area (Å²) in [6.07, 6.45) is 5.57. The van der Waals surface area contributed by atoms with Crippen molar-refractivity contribution in [1.29, 1.82) is 0 Å². The molecule has 7 nitrogen and oxygen atoms in total. The molecule has 0 saturated carbocycles. The van der Waals surface area contributed by atoms with E-state index in [1.54, 1.807) is 36.0 Å². The Morgan fingerprint density at radius 1 is 1.21 bits per heavy atom. The molecule has 0 spiro atoms. The first-order valence-corrected chi connectivity index (χ1v) is 7.70. The van der Waals surface area contributed by atoms with E-state index in [4.69, 9.17) is 0 Å². The minimum absolute atomic E-state index is 0.0660. The Hall–Kier alpha value is -3.09. The lowest BCUT2D eigenvalue weighted by Gasteiger charge is -2.11. The number of carbonyl (C=O) groups excluding carboxylic acids is 2. The molecule has 2 amide bonds. The lowest BCUT2D eigenvalue weighted by molar-refractivity contribution is -0.115. The number of aryl methyl sites for hydroxylation is 2. The Balaban J connectivity index is 1.85. The van der Waals surface area contributed by atoms with Gasteiger partial charge in [0.15, 0.2) is 0 Å². The number of hydrogen-bond acceptors (Lipinski definition) is 3. The van der Waals surface area contributed by atoms with Crippen molar-refractivity contribution in [2.75, 3.05) is 10.6 Å². The average molecular weight is 325 g/mol. The van der Waals surface area contributed by atoms with Crippen LogP contribution in [0, 0.1) is 6.92 Å². The van der Waals surface area contributed by atoms with Gasteiger partial charge in [0.25, 0.3) is 5.91 Å². The maximum absolute atomic E-state index is 12.5. The SMILES string of the molecule is CCC(=O)Nc1cc(NC(=O)c2cnn3ccn(C)c23)ccc1C. The summed E-state index contributed by atoms with van der Waals surface area (Å²) in [5.74, 6) is -0.313. The van der Waals surface area contributed by atoms with Crippen LogP contribution in [0.2, 0.25) is 0 Å². The normalized spacial score (nSPS) is 10.8. The second kappa shape index (κ2) is 6.19. The number of fused-ring (bicyclic) bond motifs is 1. The molecule has 0 unspecified atom stereocenters. The van der Waals surface area contributed by atoms with Gasteiger partial charge in [0.1, 0.15) is 11.2 Å². The van der Waals surface area contributed by atoms with Crippen molar-refractivity contribution >= 4 is 28.8 Å². The molecule has 0 bridgehead atoms. The van der Waals surface area contributed by atoms with Crippen LogP contribution in [0.5, 0.6) is 0 Å². The number of amides is 2. The second-order valence-corrected chi connectivity index (χ2v) is 5.62. The third-order valence-electron chi connectivity index (χ3n) is 3.87. The molecule has 0 aliphatic carbocycles. The predicted octanol–water partition coefficient (Wildman–Crippen LogP) is 2.58. The third-order valence-corrected chi connectivity index (χ3v) is 3.87. The largest absolute Gasteiger partial charge is 0.334 e. The van der Waals surface area contributed by atoms with Gasteiger partial charge in [-0.05, 0) is 24.6 Å². The first kappa shape index (κ1) is 15.8. The van der Waals surface area contributed by atoms with Crippen molar-refractivity contribution in [3.05, 3.63) is 47.9 Å². The standard InChI is InChI=1S/C17H19N5O2/c1-4-15(23)20-14-9-12(6-5-11(14)2)19-16(24)13-10-18-22-8-7-21(3)17(13)22/h5-10H,4H2,1-3H3,(H,19,24)(H,20,23). The Bertz CT molecular complexity index is 922. The summed E-state index contributed by atoms with van der Waals surface area (Å²) in [5.41, 5.74) is 3.45. The average Bonchev–Trinajstić information content (AvgIpc) is 3.14. The molecule has 3 aromatic rings. The summed E-state index contributed by atoms with van der Waals surface area (Å²) in [5, 5.41) is 9.85. The highest BCUT2D eigenvalue weighted by Gasteiger charge is 2.16. The van der Waals surface area contributed by atoms with Crippen molar-refractivity contribution in [2.24, 2.45) is 7.05 Å². The zero-order chi connectivity index (χ0) is 17.3. The summed E-state index contributed by atoms with van der Waals surface area (Å²) in [6, 6.07) is 5.42. The Kier molecular flexibility index (Phi) is 4.07. The molecule has 2 aromatic heterocycles. The number of nitrogens with one attached hydrogen (secondary N) is 2. The summed E-state index contributed by atoms with van der Waals surface area (Å²) >= 11 is 0. The molecule has 1 aromatic carbocycles. The molecule has 124 valence electrons. The van der Waals surface area contributed by atoms with E-state index in [9.17, 15) is 9.59 Å². The number of anilines is 2. The van der Waals surface area contributed by atoms with Gasteiger partial charge >= 0.3 is 0 Å². The first-order valence-electron chi connectivity index (χ1n) is 7.70. The monoisotopic (exact) mass is 325 g/mol. The van der Waals surface area contributed by atoms with E-state index in [0.29, 0.717) is 23.4 Å². The molecule has 0 saturated heterocycles. The lowest BCUT2D eigenvalue weighted by atomic mass is 10.1. The van der Waals surface area contributed by atoms with Crippen molar-refractivity contribution in [3.8, 4) is 0 Å². The number of carbonyl (C=O) groups is 2. The van der Waals surface area contributed by atoms with Crippen LogP contribution in [-0.4, -0.2) is 26.0 Å². The number of hydrogen-bond donors (Lipinski definition) is 2. The van der Waals surface area contributed by atoms with Gasteiger partial charge < -0.3 is 15.2 Å². The molecule has 24 heavy (non-hydrogen) atoms. The van der Waals surface area contributed by atoms with Crippen molar-refractivity contribution in [3.63, 3.8) is 0 Å². The summed E-state index contributed by atoms with van der Waals surface area (Å²) < 4.78 is 3.49. The van der Waals surface area contributed by atoms with Gasteiger partial charge in [-0.15, -0.1) is 0 Å². The minimum Gasteiger partial charge on any atom is -0.334 e. The van der Waals surface area contributed by atoms with Crippen molar-refractivity contribution < 1.29 is 9.59 Å². The molecule has 0 fully saturated rings. The van der Waals surface area contributed by atoms with Crippen LogP contribution in [0.25, 0.3) is 5.65 Å². The van der Waals surface area contributed by atoms with E-state index in [1.807, 2.05) is 30.8 Å². The van der Waals surface area contributed by atoms with Gasteiger partial charge in [-0.25, -0.2) is 4.52 Å². The fourth-order valence-corrected chi connectivity index (χ4v) is 2.48. The highest BCUT2D eigenvalue weighted by atomic mass is 16.2.